The van der Waals surface area contributed by atoms with Gasteiger partial charge in [-0.15, -0.1) is 12.4 Å². The first-order valence-electron chi connectivity index (χ1n) is 6.17. The average molecular weight is 306 g/mol. The highest BCUT2D eigenvalue weighted by Crippen LogP contribution is 2.32. The molecule has 1 atom stereocenters. The molecule has 0 spiro atoms. The van der Waals surface area contributed by atoms with E-state index in [4.69, 9.17) is 26.7 Å². The molecule has 1 heterocycles. The summed E-state index contributed by atoms with van der Waals surface area (Å²) in [4.78, 5) is 0. The molecule has 7 heteroatoms. The second-order valence-corrected chi connectivity index (χ2v) is 4.69. The van der Waals surface area contributed by atoms with Gasteiger partial charge in [0.25, 0.3) is 0 Å². The van der Waals surface area contributed by atoms with E-state index in [0.717, 1.165) is 18.4 Å². The maximum absolute atomic E-state index is 9.93. The Hall–Kier alpha value is -0.455. The summed E-state index contributed by atoms with van der Waals surface area (Å²) in [6.07, 6.45) is 1.66. The standard InChI is InChI=1S/C12H17BClNO3.ClH/c1-2-3-6-17-9-5-4-8(14)11-10(7-15)18-13(16)12(9)11;/h4-5,10,16H,2-3,6-7,15H2,1H3;1H/t10-;/m1./s1. The normalized spacial score (nSPS) is 17.1. The first kappa shape index (κ1) is 16.6. The van der Waals surface area contributed by atoms with Crippen molar-refractivity contribution in [2.24, 2.45) is 5.73 Å². The van der Waals surface area contributed by atoms with Gasteiger partial charge < -0.3 is 20.1 Å². The van der Waals surface area contributed by atoms with Crippen LogP contribution in [0.3, 0.4) is 0 Å². The highest BCUT2D eigenvalue weighted by molar-refractivity contribution is 6.63. The van der Waals surface area contributed by atoms with Crippen molar-refractivity contribution in [1.29, 1.82) is 0 Å². The Morgan fingerprint density at radius 1 is 1.53 bits per heavy atom. The highest BCUT2D eigenvalue weighted by Gasteiger charge is 2.39. The Morgan fingerprint density at radius 3 is 2.89 bits per heavy atom. The molecule has 1 aromatic carbocycles. The summed E-state index contributed by atoms with van der Waals surface area (Å²) >= 11 is 6.14. The zero-order valence-electron chi connectivity index (χ0n) is 10.8. The van der Waals surface area contributed by atoms with E-state index in [-0.39, 0.29) is 25.1 Å². The van der Waals surface area contributed by atoms with Gasteiger partial charge >= 0.3 is 7.12 Å². The summed E-state index contributed by atoms with van der Waals surface area (Å²) < 4.78 is 11.0. The quantitative estimate of drug-likeness (QED) is 0.641. The van der Waals surface area contributed by atoms with Crippen molar-refractivity contribution >= 4 is 36.6 Å². The van der Waals surface area contributed by atoms with Gasteiger partial charge in [-0.3, -0.25) is 0 Å². The van der Waals surface area contributed by atoms with Gasteiger partial charge in [0.15, 0.2) is 0 Å². The van der Waals surface area contributed by atoms with Gasteiger partial charge in [0, 0.05) is 22.6 Å². The smallest absolute Gasteiger partial charge is 0.494 e. The molecule has 0 unspecified atom stereocenters. The van der Waals surface area contributed by atoms with Crippen molar-refractivity contribution in [2.75, 3.05) is 13.2 Å². The third-order valence-electron chi connectivity index (χ3n) is 3.03. The number of benzene rings is 1. The first-order chi connectivity index (χ1) is 8.69. The predicted molar refractivity (Wildman–Crippen MR) is 79.6 cm³/mol. The lowest BCUT2D eigenvalue weighted by molar-refractivity contribution is 0.198. The lowest BCUT2D eigenvalue weighted by atomic mass is 9.78. The van der Waals surface area contributed by atoms with Gasteiger partial charge in [0.05, 0.1) is 12.7 Å². The van der Waals surface area contributed by atoms with Gasteiger partial charge in [0.2, 0.25) is 0 Å². The Labute approximate surface area is 124 Å². The molecule has 4 nitrogen and oxygen atoms in total. The van der Waals surface area contributed by atoms with Crippen molar-refractivity contribution in [1.82, 2.24) is 0 Å². The SMILES string of the molecule is CCCCOc1ccc(Cl)c2c1B(O)O[C@@H]2CN.Cl. The fourth-order valence-corrected chi connectivity index (χ4v) is 2.38. The Bertz CT molecular complexity index is 434. The molecule has 0 aromatic heterocycles. The fraction of sp³-hybridized carbons (Fsp3) is 0.500. The minimum Gasteiger partial charge on any atom is -0.494 e. The van der Waals surface area contributed by atoms with E-state index >= 15 is 0 Å². The Morgan fingerprint density at radius 2 is 2.26 bits per heavy atom. The minimum atomic E-state index is -1.01. The topological polar surface area (TPSA) is 64.7 Å². The number of ether oxygens (including phenoxy) is 1. The molecule has 0 bridgehead atoms. The molecule has 106 valence electrons. The second kappa shape index (κ2) is 7.36. The third kappa shape index (κ3) is 3.36. The molecular formula is C12H18BCl2NO3. The number of hydrogen-bond acceptors (Lipinski definition) is 4. The molecule has 19 heavy (non-hydrogen) atoms. The van der Waals surface area contributed by atoms with Crippen LogP contribution >= 0.6 is 24.0 Å². The molecule has 1 aromatic rings. The fourth-order valence-electron chi connectivity index (χ4n) is 2.09. The van der Waals surface area contributed by atoms with Crippen molar-refractivity contribution in [2.45, 2.75) is 25.9 Å². The molecule has 0 saturated carbocycles. The largest absolute Gasteiger partial charge is 0.495 e. The monoisotopic (exact) mass is 305 g/mol. The first-order valence-corrected chi connectivity index (χ1v) is 6.55. The van der Waals surface area contributed by atoms with E-state index in [2.05, 4.69) is 6.92 Å². The van der Waals surface area contributed by atoms with Gasteiger partial charge in [0.1, 0.15) is 5.75 Å². The summed E-state index contributed by atoms with van der Waals surface area (Å²) in [5, 5.41) is 10.5. The van der Waals surface area contributed by atoms with Crippen LogP contribution in [-0.2, 0) is 4.65 Å². The van der Waals surface area contributed by atoms with Crippen LogP contribution < -0.4 is 15.9 Å². The average Bonchev–Trinajstić information content (AvgIpc) is 2.71. The van der Waals surface area contributed by atoms with Crippen molar-refractivity contribution in [3.8, 4) is 5.75 Å². The lowest BCUT2D eigenvalue weighted by Crippen LogP contribution is -2.30. The van der Waals surface area contributed by atoms with Crippen LogP contribution in [0.1, 0.15) is 31.4 Å². The van der Waals surface area contributed by atoms with Gasteiger partial charge in [-0.1, -0.05) is 24.9 Å². The summed E-state index contributed by atoms with van der Waals surface area (Å²) in [7, 11) is -1.01. The molecular weight excluding hydrogens is 288 g/mol. The van der Waals surface area contributed by atoms with Crippen LogP contribution in [0.5, 0.6) is 5.75 Å². The van der Waals surface area contributed by atoms with Gasteiger partial charge in [-0.05, 0) is 18.6 Å². The van der Waals surface area contributed by atoms with E-state index in [1.165, 1.54) is 0 Å². The molecule has 0 saturated heterocycles. The molecule has 0 fully saturated rings. The Balaban J connectivity index is 0.00000180. The lowest BCUT2D eigenvalue weighted by Gasteiger charge is -2.13. The molecule has 0 aliphatic carbocycles. The minimum absolute atomic E-state index is 0. The van der Waals surface area contributed by atoms with E-state index in [1.54, 1.807) is 12.1 Å². The van der Waals surface area contributed by atoms with Gasteiger partial charge in [-0.2, -0.15) is 0 Å². The van der Waals surface area contributed by atoms with Crippen LogP contribution in [0.15, 0.2) is 12.1 Å². The molecule has 0 radical (unpaired) electrons. The van der Waals surface area contributed by atoms with E-state index in [1.807, 2.05) is 0 Å². The highest BCUT2D eigenvalue weighted by atomic mass is 35.5. The predicted octanol–water partition coefficient (Wildman–Crippen LogP) is 1.66. The van der Waals surface area contributed by atoms with Crippen molar-refractivity contribution in [3.05, 3.63) is 22.7 Å². The second-order valence-electron chi connectivity index (χ2n) is 4.29. The number of halogens is 2. The van der Waals surface area contributed by atoms with E-state index < -0.39 is 7.12 Å². The molecule has 0 amide bonds. The van der Waals surface area contributed by atoms with Gasteiger partial charge in [-0.25, -0.2) is 0 Å². The van der Waals surface area contributed by atoms with Crippen LogP contribution in [0.4, 0.5) is 0 Å². The molecule has 1 aliphatic heterocycles. The van der Waals surface area contributed by atoms with Crippen LogP contribution in [-0.4, -0.2) is 25.3 Å². The zero-order valence-corrected chi connectivity index (χ0v) is 12.3. The maximum atomic E-state index is 9.93. The number of nitrogens with two attached hydrogens (primary N) is 1. The summed E-state index contributed by atoms with van der Waals surface area (Å²) in [6, 6.07) is 3.52. The maximum Gasteiger partial charge on any atom is 0.495 e. The van der Waals surface area contributed by atoms with Crippen LogP contribution in [0, 0.1) is 0 Å². The van der Waals surface area contributed by atoms with E-state index in [9.17, 15) is 5.02 Å². The number of fused-ring (bicyclic) bond motifs is 1. The van der Waals surface area contributed by atoms with E-state index in [0.29, 0.717) is 22.8 Å². The Kier molecular flexibility index (Phi) is 6.43. The van der Waals surface area contributed by atoms with Crippen LogP contribution in [0.2, 0.25) is 5.02 Å². The van der Waals surface area contributed by atoms with Crippen molar-refractivity contribution < 1.29 is 14.4 Å². The summed E-state index contributed by atoms with van der Waals surface area (Å²) in [5.74, 6) is 0.631. The van der Waals surface area contributed by atoms with Crippen molar-refractivity contribution in [3.63, 3.8) is 0 Å². The summed E-state index contributed by atoms with van der Waals surface area (Å²) in [5.41, 5.74) is 6.99. The number of rotatable bonds is 5. The number of unbranched alkanes of at least 4 members (excludes halogenated alkanes) is 1. The third-order valence-corrected chi connectivity index (χ3v) is 3.36. The summed E-state index contributed by atoms with van der Waals surface area (Å²) in [6.45, 7) is 2.99. The molecule has 3 N–H and O–H groups in total. The number of hydrogen-bond donors (Lipinski definition) is 2. The zero-order chi connectivity index (χ0) is 13.1. The molecule has 1 aliphatic rings. The molecule has 2 rings (SSSR count). The van der Waals surface area contributed by atoms with Crippen LogP contribution in [0.25, 0.3) is 0 Å².